The van der Waals surface area contributed by atoms with Gasteiger partial charge in [0, 0.05) is 12.6 Å². The van der Waals surface area contributed by atoms with Gasteiger partial charge >= 0.3 is 5.69 Å². The Morgan fingerprint density at radius 3 is 2.67 bits per heavy atom. The lowest BCUT2D eigenvalue weighted by atomic mass is 10.2. The number of hydrogen-bond donors (Lipinski definition) is 1. The van der Waals surface area contributed by atoms with Crippen LogP contribution in [0.3, 0.4) is 0 Å². The van der Waals surface area contributed by atoms with Crippen molar-refractivity contribution >= 4 is 38.9 Å². The molecule has 0 bridgehead atoms. The van der Waals surface area contributed by atoms with Gasteiger partial charge in [0.15, 0.2) is 0 Å². The number of nitro groups is 1. The van der Waals surface area contributed by atoms with Crippen LogP contribution in [0, 0.1) is 10.1 Å². The third kappa shape index (κ3) is 2.86. The van der Waals surface area contributed by atoms with Crippen LogP contribution in [0.25, 0.3) is 0 Å². The summed E-state index contributed by atoms with van der Waals surface area (Å²) in [6.07, 6.45) is 1.14. The molecule has 0 aromatic heterocycles. The van der Waals surface area contributed by atoms with Gasteiger partial charge in [0.2, 0.25) is 10.0 Å². The van der Waals surface area contributed by atoms with Crippen molar-refractivity contribution in [2.45, 2.75) is 23.8 Å². The van der Waals surface area contributed by atoms with Crippen molar-refractivity contribution in [3.63, 3.8) is 0 Å². The topological polar surface area (TPSA) is 101 Å². The first kappa shape index (κ1) is 16.4. The molecule has 0 radical (unpaired) electrons. The minimum absolute atomic E-state index is 0.232. The van der Waals surface area contributed by atoms with E-state index in [1.807, 2.05) is 0 Å². The zero-order valence-electron chi connectivity index (χ0n) is 10.7. The molecule has 21 heavy (non-hydrogen) atoms. The van der Waals surface area contributed by atoms with Crippen LogP contribution in [-0.2, 0) is 10.0 Å². The molecule has 1 saturated heterocycles. The summed E-state index contributed by atoms with van der Waals surface area (Å²) in [5, 5.41) is 19.4. The summed E-state index contributed by atoms with van der Waals surface area (Å²) in [5.41, 5.74) is -0.640. The number of aliphatic hydroxyl groups is 1. The highest BCUT2D eigenvalue weighted by Gasteiger charge is 2.38. The molecule has 10 heteroatoms. The molecule has 0 amide bonds. The van der Waals surface area contributed by atoms with Crippen LogP contribution in [0.5, 0.6) is 0 Å². The van der Waals surface area contributed by atoms with E-state index >= 15 is 0 Å². The van der Waals surface area contributed by atoms with Crippen LogP contribution < -0.4 is 0 Å². The lowest BCUT2D eigenvalue weighted by molar-refractivity contribution is -0.384. The Morgan fingerprint density at radius 2 is 2.10 bits per heavy atom. The van der Waals surface area contributed by atoms with Gasteiger partial charge in [0.05, 0.1) is 11.5 Å². The van der Waals surface area contributed by atoms with Gasteiger partial charge in [-0.05, 0) is 25.0 Å². The van der Waals surface area contributed by atoms with Crippen molar-refractivity contribution in [2.24, 2.45) is 0 Å². The van der Waals surface area contributed by atoms with E-state index in [0.717, 1.165) is 16.4 Å². The lowest BCUT2D eigenvalue weighted by Crippen LogP contribution is -2.37. The maximum absolute atomic E-state index is 12.6. The van der Waals surface area contributed by atoms with Crippen LogP contribution in [0.1, 0.15) is 12.8 Å². The van der Waals surface area contributed by atoms with E-state index in [4.69, 9.17) is 23.2 Å². The first-order chi connectivity index (χ1) is 9.80. The highest BCUT2D eigenvalue weighted by molar-refractivity contribution is 7.89. The summed E-state index contributed by atoms with van der Waals surface area (Å²) in [6, 6.07) is 1.73. The fourth-order valence-electron chi connectivity index (χ4n) is 2.32. The molecule has 0 aliphatic carbocycles. The molecule has 1 heterocycles. The predicted octanol–water partition coefficient (Wildman–Crippen LogP) is 2.05. The molecule has 0 spiro atoms. The lowest BCUT2D eigenvalue weighted by Gasteiger charge is -2.22. The summed E-state index contributed by atoms with van der Waals surface area (Å²) in [6.45, 7) is -0.0765. The van der Waals surface area contributed by atoms with Gasteiger partial charge in [-0.3, -0.25) is 10.1 Å². The van der Waals surface area contributed by atoms with Crippen LogP contribution in [0.4, 0.5) is 5.69 Å². The summed E-state index contributed by atoms with van der Waals surface area (Å²) in [4.78, 5) is 9.76. The van der Waals surface area contributed by atoms with E-state index in [0.29, 0.717) is 12.8 Å². The number of benzene rings is 1. The van der Waals surface area contributed by atoms with Gasteiger partial charge in [0.1, 0.15) is 14.9 Å². The second kappa shape index (κ2) is 6.05. The van der Waals surface area contributed by atoms with Crippen molar-refractivity contribution in [1.82, 2.24) is 4.31 Å². The standard InChI is InChI=1S/C11H12Cl2N2O5S/c12-8-3-4-9(10(13)11(8)15(17)18)21(19,20)14-5-1-2-7(14)6-16/h3-4,7,16H,1-2,5-6H2. The van der Waals surface area contributed by atoms with Crippen molar-refractivity contribution in [3.05, 3.63) is 32.3 Å². The minimum atomic E-state index is -4.03. The summed E-state index contributed by atoms with van der Waals surface area (Å²) in [7, 11) is -4.03. The Hall–Kier alpha value is -0.930. The number of rotatable bonds is 4. The monoisotopic (exact) mass is 354 g/mol. The molecule has 1 fully saturated rings. The van der Waals surface area contributed by atoms with Crippen molar-refractivity contribution in [1.29, 1.82) is 0 Å². The van der Waals surface area contributed by atoms with Crippen LogP contribution in [0.15, 0.2) is 17.0 Å². The van der Waals surface area contributed by atoms with Crippen LogP contribution in [-0.4, -0.2) is 41.9 Å². The zero-order chi connectivity index (χ0) is 15.8. The molecule has 1 N–H and O–H groups in total. The van der Waals surface area contributed by atoms with E-state index < -0.39 is 31.7 Å². The SMILES string of the molecule is O=[N+]([O-])c1c(Cl)ccc(S(=O)(=O)N2CCCC2CO)c1Cl. The summed E-state index contributed by atoms with van der Waals surface area (Å²) in [5.74, 6) is 0. The fraction of sp³-hybridized carbons (Fsp3) is 0.455. The number of nitro benzene ring substituents is 1. The Labute approximate surface area is 131 Å². The van der Waals surface area contributed by atoms with E-state index in [9.17, 15) is 23.6 Å². The van der Waals surface area contributed by atoms with E-state index in [2.05, 4.69) is 0 Å². The van der Waals surface area contributed by atoms with Crippen LogP contribution in [0.2, 0.25) is 10.0 Å². The molecule has 1 aromatic carbocycles. The predicted molar refractivity (Wildman–Crippen MR) is 77.1 cm³/mol. The molecule has 1 aliphatic heterocycles. The second-order valence-corrected chi connectivity index (χ2v) is 7.20. The van der Waals surface area contributed by atoms with E-state index in [1.165, 1.54) is 0 Å². The van der Waals surface area contributed by atoms with Gasteiger partial charge in [-0.1, -0.05) is 23.2 Å². The number of aliphatic hydroxyl groups excluding tert-OH is 1. The zero-order valence-corrected chi connectivity index (χ0v) is 13.0. The Morgan fingerprint density at radius 1 is 1.43 bits per heavy atom. The smallest absolute Gasteiger partial charge is 0.307 e. The second-order valence-electron chi connectivity index (χ2n) is 4.56. The number of hydrogen-bond acceptors (Lipinski definition) is 5. The highest BCUT2D eigenvalue weighted by atomic mass is 35.5. The molecule has 1 aliphatic rings. The molecular formula is C11H12Cl2N2O5S. The number of nitrogens with zero attached hydrogens (tertiary/aromatic N) is 2. The number of sulfonamides is 1. The van der Waals surface area contributed by atoms with Gasteiger partial charge in [-0.2, -0.15) is 4.31 Å². The average molecular weight is 355 g/mol. The molecule has 1 aromatic rings. The van der Waals surface area contributed by atoms with Crippen molar-refractivity contribution in [3.8, 4) is 0 Å². The molecule has 0 saturated carbocycles. The third-order valence-electron chi connectivity index (χ3n) is 3.33. The van der Waals surface area contributed by atoms with Crippen molar-refractivity contribution < 1.29 is 18.4 Å². The summed E-state index contributed by atoms with van der Waals surface area (Å²) < 4.78 is 26.3. The maximum atomic E-state index is 12.6. The first-order valence-corrected chi connectivity index (χ1v) is 8.25. The van der Waals surface area contributed by atoms with Gasteiger partial charge in [-0.15, -0.1) is 0 Å². The van der Waals surface area contributed by atoms with E-state index in [-0.39, 0.29) is 23.1 Å². The largest absolute Gasteiger partial charge is 0.395 e. The number of halogens is 2. The van der Waals surface area contributed by atoms with Crippen molar-refractivity contribution in [2.75, 3.05) is 13.2 Å². The summed E-state index contributed by atoms with van der Waals surface area (Å²) >= 11 is 11.6. The van der Waals surface area contributed by atoms with Crippen LogP contribution >= 0.6 is 23.2 Å². The fourth-order valence-corrected chi connectivity index (χ4v) is 4.87. The quantitative estimate of drug-likeness (QED) is 0.658. The molecule has 2 rings (SSSR count). The highest BCUT2D eigenvalue weighted by Crippen LogP contribution is 2.39. The molecule has 116 valence electrons. The Balaban J connectivity index is 2.56. The Kier molecular flexibility index (Phi) is 4.74. The molecular weight excluding hydrogens is 343 g/mol. The van der Waals surface area contributed by atoms with Gasteiger partial charge < -0.3 is 5.11 Å². The Bertz CT molecular complexity index is 679. The molecule has 1 unspecified atom stereocenters. The minimum Gasteiger partial charge on any atom is -0.395 e. The maximum Gasteiger partial charge on any atom is 0.307 e. The van der Waals surface area contributed by atoms with Gasteiger partial charge in [0.25, 0.3) is 0 Å². The van der Waals surface area contributed by atoms with E-state index in [1.54, 1.807) is 0 Å². The normalized spacial score (nSPS) is 19.9. The van der Waals surface area contributed by atoms with Gasteiger partial charge in [-0.25, -0.2) is 8.42 Å². The third-order valence-corrected chi connectivity index (χ3v) is 6.13. The molecule has 7 nitrogen and oxygen atoms in total. The average Bonchev–Trinajstić information content (AvgIpc) is 2.86. The first-order valence-electron chi connectivity index (χ1n) is 6.05. The molecule has 1 atom stereocenters.